The highest BCUT2D eigenvalue weighted by molar-refractivity contribution is 5.93. The van der Waals surface area contributed by atoms with Gasteiger partial charge in [0, 0.05) is 17.8 Å². The molecule has 0 spiro atoms. The molecule has 4 heterocycles. The van der Waals surface area contributed by atoms with E-state index in [1.807, 2.05) is 6.07 Å². The summed E-state index contributed by atoms with van der Waals surface area (Å²) in [5.41, 5.74) is 2.24. The van der Waals surface area contributed by atoms with Crippen molar-refractivity contribution >= 4 is 5.91 Å². The maximum atomic E-state index is 13.0. The summed E-state index contributed by atoms with van der Waals surface area (Å²) in [7, 11) is 0. The lowest BCUT2D eigenvalue weighted by Crippen LogP contribution is -2.62. The molecule has 0 aliphatic carbocycles. The third kappa shape index (κ3) is 2.73. The lowest BCUT2D eigenvalue weighted by atomic mass is 9.79. The van der Waals surface area contributed by atoms with Crippen LogP contribution in [0.2, 0.25) is 0 Å². The number of aromatic amines is 1. The van der Waals surface area contributed by atoms with Gasteiger partial charge in [-0.1, -0.05) is 0 Å². The molecular weight excluding hydrogens is 305 g/mol. The second-order valence-electron chi connectivity index (χ2n) is 6.91. The number of nitrogens with one attached hydrogen (secondary N) is 2. The predicted octanol–water partition coefficient (Wildman–Crippen LogP) is 3.03. The second kappa shape index (κ2) is 6.06. The topological polar surface area (TPSA) is 48.1 Å². The third-order valence-corrected chi connectivity index (χ3v) is 5.56. The summed E-state index contributed by atoms with van der Waals surface area (Å²) in [6.45, 7) is 4.50. The van der Waals surface area contributed by atoms with Crippen LogP contribution >= 0.6 is 0 Å². The van der Waals surface area contributed by atoms with Crippen LogP contribution in [0.3, 0.4) is 0 Å². The van der Waals surface area contributed by atoms with Crippen LogP contribution < -0.4 is 5.32 Å². The second-order valence-corrected chi connectivity index (χ2v) is 6.91. The SMILES string of the molecule is CC1C(NC(=O)c2ccc(-c3ccc(F)cc3)[nH]2)C2CCN1CC2. The fourth-order valence-corrected chi connectivity index (χ4v) is 4.10. The number of hydrogen-bond acceptors (Lipinski definition) is 2. The quantitative estimate of drug-likeness (QED) is 0.910. The van der Waals surface area contributed by atoms with E-state index in [4.69, 9.17) is 0 Å². The molecule has 1 aromatic carbocycles. The van der Waals surface area contributed by atoms with Crippen LogP contribution in [0.4, 0.5) is 4.39 Å². The first-order valence-corrected chi connectivity index (χ1v) is 8.62. The number of aromatic nitrogens is 1. The van der Waals surface area contributed by atoms with Crippen molar-refractivity contribution in [2.75, 3.05) is 13.1 Å². The molecule has 0 saturated carbocycles. The summed E-state index contributed by atoms with van der Waals surface area (Å²) in [5, 5.41) is 3.22. The normalized spacial score (nSPS) is 28.8. The fraction of sp³-hybridized carbons (Fsp3) is 0.421. The molecule has 3 aliphatic rings. The number of nitrogens with zero attached hydrogens (tertiary/aromatic N) is 1. The monoisotopic (exact) mass is 327 g/mol. The summed E-state index contributed by atoms with van der Waals surface area (Å²) in [5.74, 6) is 0.258. The van der Waals surface area contributed by atoms with E-state index < -0.39 is 0 Å². The fourth-order valence-electron chi connectivity index (χ4n) is 4.10. The first-order valence-electron chi connectivity index (χ1n) is 8.62. The maximum absolute atomic E-state index is 13.0. The van der Waals surface area contributed by atoms with Crippen molar-refractivity contribution in [2.24, 2.45) is 5.92 Å². The van der Waals surface area contributed by atoms with Gasteiger partial charge in [0.25, 0.3) is 5.91 Å². The Labute approximate surface area is 141 Å². The van der Waals surface area contributed by atoms with E-state index >= 15 is 0 Å². The Morgan fingerprint density at radius 2 is 1.88 bits per heavy atom. The predicted molar refractivity (Wildman–Crippen MR) is 91.2 cm³/mol. The number of fused-ring (bicyclic) bond motifs is 3. The Hall–Kier alpha value is -2.14. The maximum Gasteiger partial charge on any atom is 0.267 e. The van der Waals surface area contributed by atoms with Gasteiger partial charge in [0.05, 0.1) is 0 Å². The molecule has 24 heavy (non-hydrogen) atoms. The van der Waals surface area contributed by atoms with Crippen molar-refractivity contribution in [3.05, 3.63) is 47.9 Å². The van der Waals surface area contributed by atoms with E-state index in [1.165, 1.54) is 25.0 Å². The van der Waals surface area contributed by atoms with E-state index in [1.54, 1.807) is 18.2 Å². The molecule has 3 aliphatic heterocycles. The van der Waals surface area contributed by atoms with Crippen LogP contribution in [-0.2, 0) is 0 Å². The molecule has 2 bridgehead atoms. The third-order valence-electron chi connectivity index (χ3n) is 5.56. The average molecular weight is 327 g/mol. The number of halogens is 1. The molecule has 4 nitrogen and oxygen atoms in total. The largest absolute Gasteiger partial charge is 0.351 e. The number of rotatable bonds is 3. The van der Waals surface area contributed by atoms with Crippen molar-refractivity contribution < 1.29 is 9.18 Å². The molecule has 1 amide bonds. The molecule has 0 radical (unpaired) electrons. The molecule has 3 saturated heterocycles. The van der Waals surface area contributed by atoms with Crippen molar-refractivity contribution in [3.8, 4) is 11.3 Å². The van der Waals surface area contributed by atoms with Crippen molar-refractivity contribution in [3.63, 3.8) is 0 Å². The van der Waals surface area contributed by atoms with Gasteiger partial charge in [-0.25, -0.2) is 4.39 Å². The van der Waals surface area contributed by atoms with Gasteiger partial charge in [0.15, 0.2) is 0 Å². The number of amides is 1. The van der Waals surface area contributed by atoms with Crippen LogP contribution in [0.5, 0.6) is 0 Å². The molecule has 2 atom stereocenters. The summed E-state index contributed by atoms with van der Waals surface area (Å²) < 4.78 is 13.0. The number of benzene rings is 1. The van der Waals surface area contributed by atoms with Gasteiger partial charge in [-0.2, -0.15) is 0 Å². The standard InChI is InChI=1S/C19H22FN3O/c1-12-18(14-8-10-23(12)11-9-14)22-19(24)17-7-6-16(21-17)13-2-4-15(20)5-3-13/h2-7,12,14,18,21H,8-11H2,1H3,(H,22,24). The van der Waals surface area contributed by atoms with Crippen molar-refractivity contribution in [2.45, 2.75) is 31.8 Å². The van der Waals surface area contributed by atoms with E-state index in [9.17, 15) is 9.18 Å². The minimum Gasteiger partial charge on any atom is -0.351 e. The Morgan fingerprint density at radius 3 is 2.54 bits per heavy atom. The molecule has 2 N–H and O–H groups in total. The molecule has 3 fully saturated rings. The Balaban J connectivity index is 1.48. The summed E-state index contributed by atoms with van der Waals surface area (Å²) in [6.07, 6.45) is 2.34. The number of hydrogen-bond donors (Lipinski definition) is 2. The average Bonchev–Trinajstić information content (AvgIpc) is 3.09. The molecule has 2 aromatic rings. The molecule has 1 aromatic heterocycles. The lowest BCUT2D eigenvalue weighted by molar-refractivity contribution is 0.0216. The molecule has 5 rings (SSSR count). The first kappa shape index (κ1) is 15.4. The van der Waals surface area contributed by atoms with Crippen LogP contribution in [-0.4, -0.2) is 41.0 Å². The van der Waals surface area contributed by atoms with Crippen LogP contribution in [0.25, 0.3) is 11.3 Å². The Bertz CT molecular complexity index is 729. The van der Waals surface area contributed by atoms with E-state index in [-0.39, 0.29) is 17.8 Å². The van der Waals surface area contributed by atoms with E-state index in [0.717, 1.165) is 24.3 Å². The molecule has 2 unspecified atom stereocenters. The number of piperidine rings is 3. The van der Waals surface area contributed by atoms with E-state index in [0.29, 0.717) is 17.7 Å². The zero-order chi connectivity index (χ0) is 16.7. The van der Waals surface area contributed by atoms with Gasteiger partial charge in [-0.15, -0.1) is 0 Å². The van der Waals surface area contributed by atoms with Crippen LogP contribution in [0.1, 0.15) is 30.3 Å². The Morgan fingerprint density at radius 1 is 1.17 bits per heavy atom. The highest BCUT2D eigenvalue weighted by Gasteiger charge is 2.40. The number of carbonyl (C=O) groups excluding carboxylic acids is 1. The lowest BCUT2D eigenvalue weighted by Gasteiger charge is -2.49. The van der Waals surface area contributed by atoms with Gasteiger partial charge in [0.2, 0.25) is 0 Å². The Kier molecular flexibility index (Phi) is 3.88. The number of H-pyrrole nitrogens is 1. The van der Waals surface area contributed by atoms with Gasteiger partial charge in [-0.05, 0) is 80.7 Å². The van der Waals surface area contributed by atoms with Gasteiger partial charge >= 0.3 is 0 Å². The summed E-state index contributed by atoms with van der Waals surface area (Å²) in [6, 6.07) is 10.5. The van der Waals surface area contributed by atoms with Crippen LogP contribution in [0.15, 0.2) is 36.4 Å². The molecule has 5 heteroatoms. The smallest absolute Gasteiger partial charge is 0.267 e. The summed E-state index contributed by atoms with van der Waals surface area (Å²) in [4.78, 5) is 18.2. The molecule has 126 valence electrons. The van der Waals surface area contributed by atoms with E-state index in [2.05, 4.69) is 22.1 Å². The minimum atomic E-state index is -0.264. The van der Waals surface area contributed by atoms with Gasteiger partial charge in [0.1, 0.15) is 11.5 Å². The summed E-state index contributed by atoms with van der Waals surface area (Å²) >= 11 is 0. The van der Waals surface area contributed by atoms with Crippen molar-refractivity contribution in [1.82, 2.24) is 15.2 Å². The zero-order valence-corrected chi connectivity index (χ0v) is 13.8. The highest BCUT2D eigenvalue weighted by Crippen LogP contribution is 2.32. The first-order chi connectivity index (χ1) is 11.6. The van der Waals surface area contributed by atoms with Gasteiger partial charge < -0.3 is 10.3 Å². The zero-order valence-electron chi connectivity index (χ0n) is 13.8. The minimum absolute atomic E-state index is 0.0611. The molecular formula is C19H22FN3O. The highest BCUT2D eigenvalue weighted by atomic mass is 19.1. The number of carbonyl (C=O) groups is 1. The van der Waals surface area contributed by atoms with Crippen LogP contribution in [0, 0.1) is 11.7 Å². The van der Waals surface area contributed by atoms with Gasteiger partial charge in [-0.3, -0.25) is 9.69 Å². The van der Waals surface area contributed by atoms with Crippen molar-refractivity contribution in [1.29, 1.82) is 0 Å².